The van der Waals surface area contributed by atoms with Gasteiger partial charge >= 0.3 is 0 Å². The number of ether oxygens (including phenoxy) is 1. The Bertz CT molecular complexity index is 856. The first-order valence-electron chi connectivity index (χ1n) is 14.4. The van der Waals surface area contributed by atoms with E-state index in [1.165, 1.54) is 0 Å². The summed E-state index contributed by atoms with van der Waals surface area (Å²) in [6, 6.07) is 0. The van der Waals surface area contributed by atoms with Crippen LogP contribution in [0.15, 0.2) is 0 Å². The van der Waals surface area contributed by atoms with Crippen LogP contribution in [0.1, 0.15) is 107 Å². The van der Waals surface area contributed by atoms with Gasteiger partial charge in [-0.15, -0.1) is 0 Å². The second-order valence-corrected chi connectivity index (χ2v) is 15.6. The lowest BCUT2D eigenvalue weighted by atomic mass is 9.34. The summed E-state index contributed by atoms with van der Waals surface area (Å²) >= 11 is 0. The van der Waals surface area contributed by atoms with Crippen LogP contribution in [-0.4, -0.2) is 56.0 Å². The highest BCUT2D eigenvalue weighted by Crippen LogP contribution is 2.76. The monoisotopic (exact) mass is 492 g/mol. The summed E-state index contributed by atoms with van der Waals surface area (Å²) in [6.07, 6.45) is 5.07. The number of hydrogen-bond acceptors (Lipinski definition) is 5. The molecule has 4 N–H and O–H groups in total. The van der Waals surface area contributed by atoms with Gasteiger partial charge in [0.15, 0.2) is 0 Å². The van der Waals surface area contributed by atoms with Crippen molar-refractivity contribution in [1.82, 2.24) is 0 Å². The molecule has 5 nitrogen and oxygen atoms in total. The average Bonchev–Trinajstić information content (AvgIpc) is 3.11. The molecule has 0 aromatic heterocycles. The first-order chi connectivity index (χ1) is 15.9. The van der Waals surface area contributed by atoms with Gasteiger partial charge in [0.25, 0.3) is 0 Å². The van der Waals surface area contributed by atoms with E-state index in [4.69, 9.17) is 4.74 Å². The molecule has 2 unspecified atom stereocenters. The fraction of sp³-hybridized carbons (Fsp3) is 1.00. The lowest BCUT2D eigenvalue weighted by Crippen LogP contribution is -2.70. The van der Waals surface area contributed by atoms with Gasteiger partial charge in [-0.1, -0.05) is 34.6 Å². The Hall–Kier alpha value is -0.200. The lowest BCUT2D eigenvalue weighted by molar-refractivity contribution is -0.284. The molecule has 5 fully saturated rings. The predicted molar refractivity (Wildman–Crippen MR) is 137 cm³/mol. The Morgan fingerprint density at radius 1 is 0.686 bits per heavy atom. The molecule has 5 aliphatic rings. The fourth-order valence-corrected chi connectivity index (χ4v) is 11.4. The highest BCUT2D eigenvalue weighted by atomic mass is 16.5. The van der Waals surface area contributed by atoms with Crippen molar-refractivity contribution < 1.29 is 25.2 Å². The van der Waals surface area contributed by atoms with Gasteiger partial charge in [0.05, 0.1) is 35.6 Å². The van der Waals surface area contributed by atoms with Crippen LogP contribution in [0.4, 0.5) is 0 Å². The summed E-state index contributed by atoms with van der Waals surface area (Å²) in [5, 5.41) is 45.1. The van der Waals surface area contributed by atoms with Gasteiger partial charge in [0, 0.05) is 0 Å². The smallest absolute Gasteiger partial charge is 0.0891 e. The van der Waals surface area contributed by atoms with Crippen molar-refractivity contribution in [2.45, 2.75) is 142 Å². The van der Waals surface area contributed by atoms with E-state index in [1.54, 1.807) is 0 Å². The van der Waals surface area contributed by atoms with Crippen LogP contribution in [0.25, 0.3) is 0 Å². The Labute approximate surface area is 213 Å². The van der Waals surface area contributed by atoms with Crippen LogP contribution in [-0.2, 0) is 4.74 Å². The van der Waals surface area contributed by atoms with Crippen LogP contribution in [0.5, 0.6) is 0 Å². The van der Waals surface area contributed by atoms with E-state index in [0.717, 1.165) is 51.4 Å². The zero-order valence-electron chi connectivity index (χ0n) is 23.5. The zero-order valence-corrected chi connectivity index (χ0v) is 23.5. The van der Waals surface area contributed by atoms with E-state index < -0.39 is 30.0 Å². The minimum absolute atomic E-state index is 0.0304. The van der Waals surface area contributed by atoms with E-state index in [-0.39, 0.29) is 45.0 Å². The molecule has 0 radical (unpaired) electrons. The molecule has 5 rings (SSSR count). The van der Waals surface area contributed by atoms with Gasteiger partial charge in [-0.3, -0.25) is 0 Å². The summed E-state index contributed by atoms with van der Waals surface area (Å²) in [7, 11) is 0. The summed E-state index contributed by atoms with van der Waals surface area (Å²) < 4.78 is 6.70. The maximum atomic E-state index is 11.9. The van der Waals surface area contributed by atoms with Crippen LogP contribution < -0.4 is 0 Å². The van der Waals surface area contributed by atoms with Gasteiger partial charge in [-0.2, -0.15) is 0 Å². The fourth-order valence-electron chi connectivity index (χ4n) is 11.4. The third-order valence-corrected chi connectivity index (χ3v) is 13.2. The number of aliphatic hydroxyl groups excluding tert-OH is 4. The van der Waals surface area contributed by atoms with Crippen molar-refractivity contribution >= 4 is 0 Å². The van der Waals surface area contributed by atoms with Crippen LogP contribution in [0, 0.1) is 45.3 Å². The topological polar surface area (TPSA) is 90.2 Å². The molecular weight excluding hydrogens is 440 g/mol. The molecule has 12 atom stereocenters. The predicted octanol–water partition coefficient (Wildman–Crippen LogP) is 4.68. The third-order valence-electron chi connectivity index (χ3n) is 13.2. The Kier molecular flexibility index (Phi) is 5.80. The van der Waals surface area contributed by atoms with E-state index in [9.17, 15) is 20.4 Å². The maximum Gasteiger partial charge on any atom is 0.0891 e. The molecule has 202 valence electrons. The van der Waals surface area contributed by atoms with E-state index in [2.05, 4.69) is 41.5 Å². The summed E-state index contributed by atoms with van der Waals surface area (Å²) in [5.74, 6) is 0.694. The Morgan fingerprint density at radius 3 is 1.94 bits per heavy atom. The number of fused-ring (bicyclic) bond motifs is 5. The molecule has 1 heterocycles. The second-order valence-electron chi connectivity index (χ2n) is 15.6. The highest BCUT2D eigenvalue weighted by Gasteiger charge is 2.73. The molecule has 0 spiro atoms. The van der Waals surface area contributed by atoms with Crippen LogP contribution >= 0.6 is 0 Å². The first-order valence-corrected chi connectivity index (χ1v) is 14.4. The first kappa shape index (κ1) is 26.4. The van der Waals surface area contributed by atoms with Crippen molar-refractivity contribution in [3.63, 3.8) is 0 Å². The van der Waals surface area contributed by atoms with Gasteiger partial charge in [-0.25, -0.2) is 0 Å². The average molecular weight is 493 g/mol. The molecule has 35 heavy (non-hydrogen) atoms. The molecule has 1 aliphatic heterocycles. The standard InChI is InChI=1S/C30H52O5/c1-25(2)21(33)10-12-27(5)20-15-18(31)23-17(30(8)14-11-22(34)26(3,4)35-30)9-13-28(23,6)29(20,7)16-19(32)24(25)27/h17-24,31-34H,9-16H2,1-8H3/t17-,18+,19-,20+,21-,22+,23?,24?,27+,28+,29+,30-/m0/s1. The van der Waals surface area contributed by atoms with E-state index >= 15 is 0 Å². The largest absolute Gasteiger partial charge is 0.393 e. The molecule has 1 saturated heterocycles. The maximum absolute atomic E-state index is 11.9. The molecule has 0 bridgehead atoms. The summed E-state index contributed by atoms with van der Waals surface area (Å²) in [4.78, 5) is 0. The minimum atomic E-state index is -0.589. The van der Waals surface area contributed by atoms with Crippen molar-refractivity contribution in [1.29, 1.82) is 0 Å². The van der Waals surface area contributed by atoms with Gasteiger partial charge < -0.3 is 25.2 Å². The number of rotatable bonds is 1. The number of aliphatic hydroxyl groups is 4. The van der Waals surface area contributed by atoms with Crippen molar-refractivity contribution in [3.8, 4) is 0 Å². The van der Waals surface area contributed by atoms with E-state index in [1.807, 2.05) is 13.8 Å². The van der Waals surface area contributed by atoms with Crippen LogP contribution in [0.2, 0.25) is 0 Å². The molecule has 0 aromatic rings. The molecule has 4 saturated carbocycles. The Morgan fingerprint density at radius 2 is 1.31 bits per heavy atom. The normalized spacial score (nSPS) is 59.3. The quantitative estimate of drug-likeness (QED) is 0.427. The lowest BCUT2D eigenvalue weighted by Gasteiger charge is -2.71. The highest BCUT2D eigenvalue weighted by molar-refractivity contribution is 5.22. The third kappa shape index (κ3) is 3.30. The molecular formula is C30H52O5. The second kappa shape index (κ2) is 7.68. The number of hydrogen-bond donors (Lipinski definition) is 4. The van der Waals surface area contributed by atoms with Crippen molar-refractivity contribution in [2.75, 3.05) is 0 Å². The van der Waals surface area contributed by atoms with Gasteiger partial charge in [-0.05, 0) is 117 Å². The molecule has 0 amide bonds. The summed E-state index contributed by atoms with van der Waals surface area (Å²) in [6.45, 7) is 17.7. The van der Waals surface area contributed by atoms with Gasteiger partial charge in [0.2, 0.25) is 0 Å². The van der Waals surface area contributed by atoms with Crippen molar-refractivity contribution in [2.24, 2.45) is 45.3 Å². The molecule has 4 aliphatic carbocycles. The SMILES string of the molecule is CC1(C)O[C@](C)([C@H]2CC[C@]3(C)C2[C@H](O)C[C@@H]2[C@@]4(C)CC[C@H](O)C(C)(C)C4[C@@H](O)C[C@]23C)CC[C@H]1O. The van der Waals surface area contributed by atoms with Crippen LogP contribution in [0.3, 0.4) is 0 Å². The van der Waals surface area contributed by atoms with Crippen molar-refractivity contribution in [3.05, 3.63) is 0 Å². The summed E-state index contributed by atoms with van der Waals surface area (Å²) in [5.41, 5.74) is -1.60. The van der Waals surface area contributed by atoms with Gasteiger partial charge in [0.1, 0.15) is 0 Å². The molecule has 0 aromatic carbocycles. The zero-order chi connectivity index (χ0) is 26.0. The minimum Gasteiger partial charge on any atom is -0.393 e. The Balaban J connectivity index is 1.53. The molecule has 5 heteroatoms. The van der Waals surface area contributed by atoms with E-state index in [0.29, 0.717) is 5.92 Å².